The molecule has 0 radical (unpaired) electrons. The Morgan fingerprint density at radius 2 is 1.89 bits per heavy atom. The number of hydrogen-bond acceptors (Lipinski definition) is 5. The van der Waals surface area contributed by atoms with Crippen LogP contribution < -0.4 is 10.9 Å². The number of fused-ring (bicyclic) bond motifs is 1. The zero-order valence-corrected chi connectivity index (χ0v) is 20.9. The van der Waals surface area contributed by atoms with Crippen molar-refractivity contribution in [1.29, 1.82) is 0 Å². The lowest BCUT2D eigenvalue weighted by Gasteiger charge is -2.42. The Morgan fingerprint density at radius 1 is 1.11 bits per heavy atom. The molecule has 2 N–H and O–H groups in total. The molecule has 3 saturated heterocycles. The second-order valence-electron chi connectivity index (χ2n) is 12.1. The number of hydrogen-bond donors (Lipinski definition) is 2. The number of amides is 1. The molecule has 10 heteroatoms. The molecular weight excluding hydrogens is 462 g/mol. The molecule has 8 atom stereocenters. The highest BCUT2D eigenvalue weighted by Crippen LogP contribution is 2.51. The number of nitrogens with zero attached hydrogens (tertiary/aromatic N) is 3. The molecule has 35 heavy (non-hydrogen) atoms. The molecule has 0 aromatic rings. The third kappa shape index (κ3) is 5.36. The fourth-order valence-corrected chi connectivity index (χ4v) is 7.68. The summed E-state index contributed by atoms with van der Waals surface area (Å²) < 4.78 is 55.6. The molecule has 0 bridgehead atoms. The summed E-state index contributed by atoms with van der Waals surface area (Å²) in [5, 5.41) is 0. The number of carbonyl (C=O) groups excluding carboxylic acids is 1. The first-order chi connectivity index (χ1) is 16.6. The van der Waals surface area contributed by atoms with E-state index in [4.69, 9.17) is 0 Å². The van der Waals surface area contributed by atoms with Crippen LogP contribution in [-0.2, 0) is 4.79 Å². The highest BCUT2D eigenvalue weighted by molar-refractivity contribution is 5.82. The zero-order valence-electron chi connectivity index (χ0n) is 20.9. The number of hydrazine groups is 1. The smallest absolute Gasteiger partial charge is 0.339 e. The van der Waals surface area contributed by atoms with E-state index in [0.717, 1.165) is 38.8 Å². The normalized spacial score (nSPS) is 40.7. The minimum absolute atomic E-state index is 0.0525. The van der Waals surface area contributed by atoms with Crippen LogP contribution in [0.25, 0.3) is 0 Å². The molecule has 2 saturated carbocycles. The number of carbonyl (C=O) groups is 1. The third-order valence-electron chi connectivity index (χ3n) is 9.72. The van der Waals surface area contributed by atoms with Crippen molar-refractivity contribution in [2.75, 3.05) is 39.9 Å². The van der Waals surface area contributed by atoms with Gasteiger partial charge in [0.25, 0.3) is 0 Å². The van der Waals surface area contributed by atoms with Gasteiger partial charge in [-0.3, -0.25) is 14.6 Å². The minimum atomic E-state index is -4.30. The lowest BCUT2D eigenvalue weighted by molar-refractivity contribution is -0.204. The molecule has 0 aromatic heterocycles. The molecule has 5 aliphatic rings. The van der Waals surface area contributed by atoms with E-state index in [2.05, 4.69) is 29.7 Å². The number of rotatable bonds is 6. The molecule has 5 rings (SSSR count). The Kier molecular flexibility index (Phi) is 7.38. The van der Waals surface area contributed by atoms with Gasteiger partial charge in [0.2, 0.25) is 5.91 Å². The van der Waals surface area contributed by atoms with Crippen molar-refractivity contribution >= 4 is 5.91 Å². The molecule has 6 nitrogen and oxygen atoms in total. The molecule has 2 aliphatic carbocycles. The van der Waals surface area contributed by atoms with Gasteiger partial charge < -0.3 is 4.90 Å². The lowest BCUT2D eigenvalue weighted by Crippen LogP contribution is -2.52. The fourth-order valence-electron chi connectivity index (χ4n) is 7.68. The predicted molar refractivity (Wildman–Crippen MR) is 125 cm³/mol. The van der Waals surface area contributed by atoms with Crippen LogP contribution in [0, 0.1) is 35.5 Å². The fraction of sp³-hybridized carbons (Fsp3) is 0.960. The van der Waals surface area contributed by atoms with Crippen molar-refractivity contribution in [2.45, 2.75) is 76.4 Å². The SMILES string of the molecule is C[C@H](CC1NNCN1C)C1CCCC(N2CC3C(CC(CN4CC(F)C4)CC3C(F)(F)F)C2=O)C1. The Morgan fingerprint density at radius 3 is 2.54 bits per heavy atom. The second-order valence-corrected chi connectivity index (χ2v) is 12.1. The van der Waals surface area contributed by atoms with Crippen molar-refractivity contribution in [3.05, 3.63) is 0 Å². The highest BCUT2D eigenvalue weighted by Gasteiger charge is 2.57. The predicted octanol–water partition coefficient (Wildman–Crippen LogP) is 3.21. The first kappa shape index (κ1) is 25.7. The third-order valence-corrected chi connectivity index (χ3v) is 9.72. The van der Waals surface area contributed by atoms with E-state index in [1.54, 1.807) is 0 Å². The monoisotopic (exact) mass is 503 g/mol. The van der Waals surface area contributed by atoms with Gasteiger partial charge in [0.15, 0.2) is 0 Å². The summed E-state index contributed by atoms with van der Waals surface area (Å²) in [6.45, 7) is 4.43. The Labute approximate surface area is 206 Å². The summed E-state index contributed by atoms with van der Waals surface area (Å²) in [5.41, 5.74) is 6.48. The molecular formula is C25H41F4N5O. The molecule has 0 aromatic carbocycles. The van der Waals surface area contributed by atoms with Gasteiger partial charge in [0.1, 0.15) is 6.17 Å². The molecule has 5 fully saturated rings. The lowest BCUT2D eigenvalue weighted by atomic mass is 9.68. The summed E-state index contributed by atoms with van der Waals surface area (Å²) in [5.74, 6) is -1.90. The van der Waals surface area contributed by atoms with Gasteiger partial charge in [-0.25, -0.2) is 15.2 Å². The number of nitrogens with one attached hydrogen (secondary N) is 2. The first-order valence-electron chi connectivity index (χ1n) is 13.5. The van der Waals surface area contributed by atoms with Crippen molar-refractivity contribution < 1.29 is 22.4 Å². The molecule has 200 valence electrons. The van der Waals surface area contributed by atoms with Gasteiger partial charge >= 0.3 is 6.18 Å². The summed E-state index contributed by atoms with van der Waals surface area (Å²) in [6, 6.07) is 0.0525. The van der Waals surface area contributed by atoms with Crippen LogP contribution in [0.5, 0.6) is 0 Å². The van der Waals surface area contributed by atoms with Crippen LogP contribution in [-0.4, -0.2) is 85.1 Å². The molecule has 3 heterocycles. The Hall–Kier alpha value is -0.970. The average molecular weight is 504 g/mol. The van der Waals surface area contributed by atoms with E-state index in [1.165, 1.54) is 0 Å². The Bertz CT molecular complexity index is 763. The van der Waals surface area contributed by atoms with E-state index < -0.39 is 30.1 Å². The van der Waals surface area contributed by atoms with Gasteiger partial charge in [-0.15, -0.1) is 0 Å². The zero-order chi connectivity index (χ0) is 24.9. The summed E-state index contributed by atoms with van der Waals surface area (Å²) in [4.78, 5) is 19.5. The molecule has 1 amide bonds. The Balaban J connectivity index is 1.24. The maximum atomic E-state index is 14.1. The second kappa shape index (κ2) is 10.1. The standard InChI is InChI=1S/C25H41F4N5O/c1-15(6-23-31-30-14-32(23)2)17-4-3-5-19(9-17)34-13-21-20(24(34)35)7-16(8-22(21)25(27,28)29)10-33-11-18(26)12-33/h15-23,30-31H,3-14H2,1-2H3/t15-,16?,17?,19?,20?,21?,22?,23?/m1/s1. The topological polar surface area (TPSA) is 50.9 Å². The van der Waals surface area contributed by atoms with Crippen molar-refractivity contribution in [3.8, 4) is 0 Å². The molecule has 7 unspecified atom stereocenters. The van der Waals surface area contributed by atoms with Crippen LogP contribution in [0.3, 0.4) is 0 Å². The first-order valence-corrected chi connectivity index (χ1v) is 13.5. The number of halogens is 4. The van der Waals surface area contributed by atoms with Crippen LogP contribution in [0.1, 0.15) is 51.9 Å². The quantitative estimate of drug-likeness (QED) is 0.546. The van der Waals surface area contributed by atoms with Gasteiger partial charge in [0, 0.05) is 38.1 Å². The van der Waals surface area contributed by atoms with Crippen molar-refractivity contribution in [1.82, 2.24) is 25.6 Å². The van der Waals surface area contributed by atoms with E-state index in [-0.39, 0.29) is 37.0 Å². The molecule has 3 aliphatic heterocycles. The van der Waals surface area contributed by atoms with Crippen LogP contribution >= 0.6 is 0 Å². The van der Waals surface area contributed by atoms with Gasteiger partial charge in [-0.1, -0.05) is 19.8 Å². The number of alkyl halides is 4. The van der Waals surface area contributed by atoms with Crippen LogP contribution in [0.15, 0.2) is 0 Å². The largest absolute Gasteiger partial charge is 0.392 e. The van der Waals surface area contributed by atoms with E-state index in [1.807, 2.05) is 9.80 Å². The van der Waals surface area contributed by atoms with Crippen molar-refractivity contribution in [2.24, 2.45) is 35.5 Å². The summed E-state index contributed by atoms with van der Waals surface area (Å²) in [7, 11) is 2.08. The van der Waals surface area contributed by atoms with Crippen LogP contribution in [0.2, 0.25) is 0 Å². The van der Waals surface area contributed by atoms with E-state index >= 15 is 0 Å². The van der Waals surface area contributed by atoms with Crippen molar-refractivity contribution in [3.63, 3.8) is 0 Å². The van der Waals surface area contributed by atoms with Crippen LogP contribution in [0.4, 0.5) is 17.6 Å². The number of likely N-dealkylation sites (tertiary alicyclic amines) is 2. The highest BCUT2D eigenvalue weighted by atomic mass is 19.4. The maximum Gasteiger partial charge on any atom is 0.392 e. The van der Waals surface area contributed by atoms with Gasteiger partial charge in [-0.2, -0.15) is 13.2 Å². The average Bonchev–Trinajstić information content (AvgIpc) is 3.34. The summed E-state index contributed by atoms with van der Waals surface area (Å²) in [6.07, 6.45) is 0.637. The maximum absolute atomic E-state index is 14.1. The van der Waals surface area contributed by atoms with E-state index in [0.29, 0.717) is 37.9 Å². The molecule has 0 spiro atoms. The van der Waals surface area contributed by atoms with E-state index in [9.17, 15) is 22.4 Å². The van der Waals surface area contributed by atoms with Gasteiger partial charge in [0.05, 0.1) is 18.8 Å². The summed E-state index contributed by atoms with van der Waals surface area (Å²) >= 11 is 0. The minimum Gasteiger partial charge on any atom is -0.339 e. The van der Waals surface area contributed by atoms with Gasteiger partial charge in [-0.05, 0) is 62.8 Å².